The second-order valence-corrected chi connectivity index (χ2v) is 5.93. The highest BCUT2D eigenvalue weighted by molar-refractivity contribution is 6.36. The molecule has 0 saturated carbocycles. The van der Waals surface area contributed by atoms with Crippen molar-refractivity contribution >= 4 is 34.9 Å². The first kappa shape index (κ1) is 18.2. The molecule has 1 aromatic carbocycles. The highest BCUT2D eigenvalue weighted by atomic mass is 35.5. The summed E-state index contributed by atoms with van der Waals surface area (Å²) < 4.78 is 41.3. The van der Waals surface area contributed by atoms with Crippen molar-refractivity contribution in [2.24, 2.45) is 0 Å². The minimum Gasteiger partial charge on any atom is -0.305 e. The summed E-state index contributed by atoms with van der Waals surface area (Å²) in [4.78, 5) is 16.2. The van der Waals surface area contributed by atoms with E-state index in [2.05, 4.69) is 15.4 Å². The molecular formula is C16H9Cl2F3N4O. The van der Waals surface area contributed by atoms with Crippen molar-refractivity contribution in [1.29, 1.82) is 0 Å². The van der Waals surface area contributed by atoms with Gasteiger partial charge in [0.05, 0.1) is 27.5 Å². The summed E-state index contributed by atoms with van der Waals surface area (Å²) in [5.41, 5.74) is -1.69. The Morgan fingerprint density at radius 2 is 1.81 bits per heavy atom. The van der Waals surface area contributed by atoms with Gasteiger partial charge < -0.3 is 5.32 Å². The number of hydrogen-bond donors (Lipinski definition) is 1. The summed E-state index contributed by atoms with van der Waals surface area (Å²) in [6, 6.07) is 8.98. The number of aromatic nitrogens is 3. The van der Waals surface area contributed by atoms with E-state index in [0.29, 0.717) is 4.68 Å². The van der Waals surface area contributed by atoms with Crippen molar-refractivity contribution in [3.05, 3.63) is 70.1 Å². The third-order valence-corrected chi connectivity index (χ3v) is 3.82. The number of carbonyl (C=O) groups is 1. The summed E-state index contributed by atoms with van der Waals surface area (Å²) in [6.07, 6.45) is -2.76. The fourth-order valence-corrected chi connectivity index (χ4v) is 2.66. The molecule has 0 saturated heterocycles. The van der Waals surface area contributed by atoms with Crippen molar-refractivity contribution in [3.63, 3.8) is 0 Å². The molecule has 0 spiro atoms. The average molecular weight is 401 g/mol. The Labute approximate surface area is 155 Å². The SMILES string of the molecule is O=C(Nc1ncc(Cl)cc1Cl)c1cnn(-c2ccccc2)c1C(F)(F)F. The van der Waals surface area contributed by atoms with Crippen LogP contribution in [0, 0.1) is 0 Å². The number of rotatable bonds is 3. The van der Waals surface area contributed by atoms with E-state index in [1.807, 2.05) is 0 Å². The van der Waals surface area contributed by atoms with Gasteiger partial charge in [0.15, 0.2) is 11.5 Å². The van der Waals surface area contributed by atoms with E-state index in [1.54, 1.807) is 18.2 Å². The van der Waals surface area contributed by atoms with Gasteiger partial charge in [-0.1, -0.05) is 41.4 Å². The summed E-state index contributed by atoms with van der Waals surface area (Å²) >= 11 is 11.6. The predicted molar refractivity (Wildman–Crippen MR) is 90.8 cm³/mol. The first-order chi connectivity index (χ1) is 12.3. The molecule has 5 nitrogen and oxygen atoms in total. The zero-order valence-electron chi connectivity index (χ0n) is 12.8. The van der Waals surface area contributed by atoms with Crippen LogP contribution in [0.1, 0.15) is 16.1 Å². The molecule has 0 aliphatic rings. The van der Waals surface area contributed by atoms with E-state index in [9.17, 15) is 18.0 Å². The number of pyridine rings is 1. The molecular weight excluding hydrogens is 392 g/mol. The summed E-state index contributed by atoms with van der Waals surface area (Å²) in [5.74, 6) is -1.15. The minimum absolute atomic E-state index is 0.00476. The molecule has 134 valence electrons. The van der Waals surface area contributed by atoms with Crippen LogP contribution in [0.3, 0.4) is 0 Å². The third-order valence-electron chi connectivity index (χ3n) is 3.32. The molecule has 26 heavy (non-hydrogen) atoms. The van der Waals surface area contributed by atoms with E-state index in [0.717, 1.165) is 6.20 Å². The number of alkyl halides is 3. The summed E-state index contributed by atoms with van der Waals surface area (Å²) in [6.45, 7) is 0. The van der Waals surface area contributed by atoms with Crippen LogP contribution in [0.2, 0.25) is 10.0 Å². The minimum atomic E-state index is -4.81. The lowest BCUT2D eigenvalue weighted by atomic mass is 10.2. The van der Waals surface area contributed by atoms with Gasteiger partial charge in [-0.2, -0.15) is 18.3 Å². The zero-order chi connectivity index (χ0) is 18.9. The molecule has 0 aliphatic heterocycles. The van der Waals surface area contributed by atoms with Crippen LogP contribution in [-0.4, -0.2) is 20.7 Å². The molecule has 2 aromatic heterocycles. The number of carbonyl (C=O) groups excluding carboxylic acids is 1. The monoisotopic (exact) mass is 400 g/mol. The standard InChI is InChI=1S/C16H9Cl2F3N4O/c17-9-6-12(18)14(22-7-9)24-15(26)11-8-23-25(13(11)16(19,20)21)10-4-2-1-3-5-10/h1-8H,(H,22,24,26). The largest absolute Gasteiger partial charge is 0.434 e. The fraction of sp³-hybridized carbons (Fsp3) is 0.0625. The molecule has 0 fully saturated rings. The van der Waals surface area contributed by atoms with Gasteiger partial charge in [0, 0.05) is 6.20 Å². The average Bonchev–Trinajstić information content (AvgIpc) is 3.04. The van der Waals surface area contributed by atoms with E-state index in [-0.39, 0.29) is 21.6 Å². The number of halogens is 5. The van der Waals surface area contributed by atoms with Gasteiger partial charge in [-0.05, 0) is 18.2 Å². The number of hydrogen-bond acceptors (Lipinski definition) is 3. The van der Waals surface area contributed by atoms with Gasteiger partial charge in [0.25, 0.3) is 5.91 Å². The fourth-order valence-electron chi connectivity index (χ4n) is 2.23. The first-order valence-electron chi connectivity index (χ1n) is 7.10. The van der Waals surface area contributed by atoms with Crippen molar-refractivity contribution in [1.82, 2.24) is 14.8 Å². The smallest absolute Gasteiger partial charge is 0.305 e. The Morgan fingerprint density at radius 3 is 2.42 bits per heavy atom. The van der Waals surface area contributed by atoms with Crippen LogP contribution < -0.4 is 5.32 Å². The van der Waals surface area contributed by atoms with E-state index >= 15 is 0 Å². The van der Waals surface area contributed by atoms with Gasteiger partial charge >= 0.3 is 6.18 Å². The molecule has 10 heteroatoms. The zero-order valence-corrected chi connectivity index (χ0v) is 14.3. The van der Waals surface area contributed by atoms with Crippen LogP contribution in [-0.2, 0) is 6.18 Å². The van der Waals surface area contributed by atoms with Crippen molar-refractivity contribution in [3.8, 4) is 5.69 Å². The maximum Gasteiger partial charge on any atom is 0.434 e. The van der Waals surface area contributed by atoms with Gasteiger partial charge in [0.2, 0.25) is 0 Å². The maximum absolute atomic E-state index is 13.6. The van der Waals surface area contributed by atoms with Crippen LogP contribution in [0.4, 0.5) is 19.0 Å². The van der Waals surface area contributed by atoms with Crippen LogP contribution in [0.25, 0.3) is 5.69 Å². The lowest BCUT2D eigenvalue weighted by Crippen LogP contribution is -2.21. The number of nitrogens with one attached hydrogen (secondary N) is 1. The van der Waals surface area contributed by atoms with Crippen LogP contribution in [0.15, 0.2) is 48.8 Å². The normalized spacial score (nSPS) is 11.4. The lowest BCUT2D eigenvalue weighted by molar-refractivity contribution is -0.143. The Bertz CT molecular complexity index is 958. The molecule has 3 aromatic rings. The Balaban J connectivity index is 2.02. The first-order valence-corrected chi connectivity index (χ1v) is 7.86. The quantitative estimate of drug-likeness (QED) is 0.683. The number of anilines is 1. The van der Waals surface area contributed by atoms with E-state index in [1.165, 1.54) is 24.4 Å². The van der Waals surface area contributed by atoms with Crippen molar-refractivity contribution < 1.29 is 18.0 Å². The highest BCUT2D eigenvalue weighted by Gasteiger charge is 2.40. The Morgan fingerprint density at radius 1 is 1.12 bits per heavy atom. The number of benzene rings is 1. The number of nitrogens with zero attached hydrogens (tertiary/aromatic N) is 3. The molecule has 0 aliphatic carbocycles. The molecule has 3 rings (SSSR count). The highest BCUT2D eigenvalue weighted by Crippen LogP contribution is 2.34. The molecule has 0 bridgehead atoms. The second-order valence-electron chi connectivity index (χ2n) is 5.09. The number of amides is 1. The molecule has 2 heterocycles. The van der Waals surface area contributed by atoms with Gasteiger partial charge in [-0.3, -0.25) is 4.79 Å². The van der Waals surface area contributed by atoms with E-state index < -0.39 is 23.3 Å². The second kappa shape index (κ2) is 6.97. The Kier molecular flexibility index (Phi) is 4.88. The van der Waals surface area contributed by atoms with Crippen molar-refractivity contribution in [2.75, 3.05) is 5.32 Å². The van der Waals surface area contributed by atoms with Crippen LogP contribution >= 0.6 is 23.2 Å². The molecule has 0 unspecified atom stereocenters. The molecule has 1 amide bonds. The van der Waals surface area contributed by atoms with Gasteiger partial charge in [-0.25, -0.2) is 9.67 Å². The van der Waals surface area contributed by atoms with Crippen molar-refractivity contribution in [2.45, 2.75) is 6.18 Å². The topological polar surface area (TPSA) is 59.8 Å². The number of para-hydroxylation sites is 1. The van der Waals surface area contributed by atoms with Crippen LogP contribution in [0.5, 0.6) is 0 Å². The molecule has 0 radical (unpaired) electrons. The maximum atomic E-state index is 13.6. The summed E-state index contributed by atoms with van der Waals surface area (Å²) in [5, 5.41) is 6.17. The summed E-state index contributed by atoms with van der Waals surface area (Å²) in [7, 11) is 0. The van der Waals surface area contributed by atoms with E-state index in [4.69, 9.17) is 23.2 Å². The molecule has 1 N–H and O–H groups in total. The predicted octanol–water partition coefficient (Wildman–Crippen LogP) is 4.85. The lowest BCUT2D eigenvalue weighted by Gasteiger charge is -2.13. The Hall–Kier alpha value is -2.58. The molecule has 0 atom stereocenters. The van der Waals surface area contributed by atoms with Gasteiger partial charge in [0.1, 0.15) is 0 Å². The third kappa shape index (κ3) is 3.66. The van der Waals surface area contributed by atoms with Gasteiger partial charge in [-0.15, -0.1) is 0 Å².